The fourth-order valence-corrected chi connectivity index (χ4v) is 3.03. The molecule has 0 aromatic heterocycles. The van der Waals surface area contributed by atoms with Gasteiger partial charge in [-0.3, -0.25) is 0 Å². The maximum Gasteiger partial charge on any atom is -0.0354 e. The van der Waals surface area contributed by atoms with Gasteiger partial charge in [-0.05, 0) is 24.2 Å². The Morgan fingerprint density at radius 3 is 1.19 bits per heavy atom. The lowest BCUT2D eigenvalue weighted by molar-refractivity contribution is 0.200. The Morgan fingerprint density at radius 1 is 0.562 bits per heavy atom. The molecular weight excluding hydrogens is 192 g/mol. The minimum Gasteiger partial charge on any atom is -0.0599 e. The monoisotopic (exact) mass is 224 g/mol. The zero-order valence-electron chi connectivity index (χ0n) is 11.9. The highest BCUT2D eigenvalue weighted by Crippen LogP contribution is 2.35. The van der Waals surface area contributed by atoms with Gasteiger partial charge in [0.05, 0.1) is 0 Å². The molecule has 0 saturated heterocycles. The lowest BCUT2D eigenvalue weighted by Gasteiger charge is -2.31. The predicted octanol–water partition coefficient (Wildman–Crippen LogP) is 5.95. The van der Waals surface area contributed by atoms with E-state index in [0.717, 1.165) is 5.92 Å². The summed E-state index contributed by atoms with van der Waals surface area (Å²) in [5.41, 5.74) is 0.532. The van der Waals surface area contributed by atoms with E-state index >= 15 is 0 Å². The molecule has 0 heterocycles. The van der Waals surface area contributed by atoms with Crippen molar-refractivity contribution < 1.29 is 0 Å². The van der Waals surface area contributed by atoms with E-state index in [0.29, 0.717) is 5.41 Å². The first-order valence-corrected chi connectivity index (χ1v) is 7.61. The third kappa shape index (κ3) is 5.92. The lowest BCUT2D eigenvalue weighted by atomic mass is 9.75. The fourth-order valence-electron chi connectivity index (χ4n) is 3.03. The van der Waals surface area contributed by atoms with Crippen molar-refractivity contribution in [3.63, 3.8) is 0 Å². The number of hydrogen-bond donors (Lipinski definition) is 0. The van der Waals surface area contributed by atoms with Crippen molar-refractivity contribution in [2.45, 2.75) is 91.4 Å². The van der Waals surface area contributed by atoms with Crippen LogP contribution in [0.3, 0.4) is 0 Å². The van der Waals surface area contributed by atoms with Gasteiger partial charge in [-0.15, -0.1) is 0 Å². The Kier molecular flexibility index (Phi) is 6.46. The first-order valence-electron chi connectivity index (χ1n) is 7.61. The zero-order valence-corrected chi connectivity index (χ0v) is 11.9. The van der Waals surface area contributed by atoms with Gasteiger partial charge in [-0.25, -0.2) is 0 Å². The summed E-state index contributed by atoms with van der Waals surface area (Å²) in [7, 11) is 0. The first-order chi connectivity index (χ1) is 7.61. The molecule has 0 radical (unpaired) electrons. The SMILES string of the molecule is CC(C)(C)C1CCCCCCCCCCC1. The Balaban J connectivity index is 2.36. The Morgan fingerprint density at radius 2 is 0.875 bits per heavy atom. The quantitative estimate of drug-likeness (QED) is 0.476. The van der Waals surface area contributed by atoms with Crippen LogP contribution in [0.2, 0.25) is 0 Å². The first kappa shape index (κ1) is 14.1. The van der Waals surface area contributed by atoms with Crippen LogP contribution in [0, 0.1) is 11.3 Å². The van der Waals surface area contributed by atoms with Gasteiger partial charge < -0.3 is 0 Å². The molecule has 16 heavy (non-hydrogen) atoms. The molecular formula is C16H32. The topological polar surface area (TPSA) is 0 Å². The average Bonchev–Trinajstić information content (AvgIpc) is 2.16. The Bertz CT molecular complexity index is 151. The van der Waals surface area contributed by atoms with Gasteiger partial charge in [0.1, 0.15) is 0 Å². The van der Waals surface area contributed by atoms with Crippen molar-refractivity contribution >= 4 is 0 Å². The van der Waals surface area contributed by atoms with Gasteiger partial charge in [-0.1, -0.05) is 78.6 Å². The third-order valence-corrected chi connectivity index (χ3v) is 4.33. The van der Waals surface area contributed by atoms with E-state index < -0.39 is 0 Å². The van der Waals surface area contributed by atoms with Gasteiger partial charge in [0, 0.05) is 0 Å². The molecule has 0 amide bonds. The van der Waals surface area contributed by atoms with E-state index in [-0.39, 0.29) is 0 Å². The normalized spacial score (nSPS) is 23.4. The molecule has 1 saturated carbocycles. The molecule has 0 spiro atoms. The summed E-state index contributed by atoms with van der Waals surface area (Å²) in [5, 5.41) is 0. The van der Waals surface area contributed by atoms with Crippen molar-refractivity contribution in [3.05, 3.63) is 0 Å². The van der Waals surface area contributed by atoms with Gasteiger partial charge in [0.15, 0.2) is 0 Å². The molecule has 1 aliphatic carbocycles. The molecule has 1 rings (SSSR count). The molecule has 0 unspecified atom stereocenters. The van der Waals surface area contributed by atoms with Crippen LogP contribution < -0.4 is 0 Å². The van der Waals surface area contributed by atoms with Gasteiger partial charge in [0.2, 0.25) is 0 Å². The van der Waals surface area contributed by atoms with Crippen molar-refractivity contribution in [2.24, 2.45) is 11.3 Å². The predicted molar refractivity (Wildman–Crippen MR) is 73.7 cm³/mol. The fraction of sp³-hybridized carbons (Fsp3) is 1.00. The molecule has 96 valence electrons. The average molecular weight is 224 g/mol. The van der Waals surface area contributed by atoms with E-state index in [2.05, 4.69) is 20.8 Å². The summed E-state index contributed by atoms with van der Waals surface area (Å²) in [6.07, 6.45) is 16.3. The van der Waals surface area contributed by atoms with Crippen LogP contribution in [-0.4, -0.2) is 0 Å². The minimum absolute atomic E-state index is 0.532. The van der Waals surface area contributed by atoms with Crippen molar-refractivity contribution in [1.82, 2.24) is 0 Å². The van der Waals surface area contributed by atoms with E-state index in [4.69, 9.17) is 0 Å². The van der Waals surface area contributed by atoms with E-state index in [9.17, 15) is 0 Å². The molecule has 0 atom stereocenters. The van der Waals surface area contributed by atoms with Crippen molar-refractivity contribution in [2.75, 3.05) is 0 Å². The number of rotatable bonds is 0. The second-order valence-electron chi connectivity index (χ2n) is 6.82. The molecule has 0 aromatic carbocycles. The maximum absolute atomic E-state index is 2.43. The summed E-state index contributed by atoms with van der Waals surface area (Å²) >= 11 is 0. The Labute approximate surface area is 103 Å². The van der Waals surface area contributed by atoms with Crippen LogP contribution >= 0.6 is 0 Å². The molecule has 0 aliphatic heterocycles. The summed E-state index contributed by atoms with van der Waals surface area (Å²) in [4.78, 5) is 0. The van der Waals surface area contributed by atoms with Crippen LogP contribution in [0.4, 0.5) is 0 Å². The standard InChI is InChI=1S/C16H32/c1-16(2,3)15-13-11-9-7-5-4-6-8-10-12-14-15/h15H,4-14H2,1-3H3. The van der Waals surface area contributed by atoms with Crippen molar-refractivity contribution in [1.29, 1.82) is 0 Å². The molecule has 1 fully saturated rings. The smallest absolute Gasteiger partial charge is 0.0354 e. The van der Waals surface area contributed by atoms with Gasteiger partial charge >= 0.3 is 0 Å². The molecule has 0 nitrogen and oxygen atoms in total. The zero-order chi connectivity index (χ0) is 11.9. The number of hydrogen-bond acceptors (Lipinski definition) is 0. The Hall–Kier alpha value is 0. The van der Waals surface area contributed by atoms with Crippen LogP contribution in [-0.2, 0) is 0 Å². The summed E-state index contributed by atoms with van der Waals surface area (Å²) < 4.78 is 0. The highest BCUT2D eigenvalue weighted by Gasteiger charge is 2.23. The minimum atomic E-state index is 0.532. The largest absolute Gasteiger partial charge is 0.0599 e. The highest BCUT2D eigenvalue weighted by atomic mass is 14.3. The van der Waals surface area contributed by atoms with E-state index in [1.54, 1.807) is 0 Å². The van der Waals surface area contributed by atoms with E-state index in [1.165, 1.54) is 70.6 Å². The summed E-state index contributed by atoms with van der Waals surface area (Å²) in [6, 6.07) is 0. The van der Waals surface area contributed by atoms with Crippen LogP contribution in [0.5, 0.6) is 0 Å². The molecule has 0 N–H and O–H groups in total. The molecule has 0 bridgehead atoms. The maximum atomic E-state index is 2.43. The van der Waals surface area contributed by atoms with Crippen molar-refractivity contribution in [3.8, 4) is 0 Å². The second-order valence-corrected chi connectivity index (χ2v) is 6.82. The lowest BCUT2D eigenvalue weighted by Crippen LogP contribution is -2.20. The molecule has 1 aliphatic rings. The van der Waals surface area contributed by atoms with Gasteiger partial charge in [0.25, 0.3) is 0 Å². The van der Waals surface area contributed by atoms with Crippen LogP contribution in [0.25, 0.3) is 0 Å². The summed E-state index contributed by atoms with van der Waals surface area (Å²) in [6.45, 7) is 7.30. The van der Waals surface area contributed by atoms with E-state index in [1.807, 2.05) is 0 Å². The second kappa shape index (κ2) is 7.35. The highest BCUT2D eigenvalue weighted by molar-refractivity contribution is 4.74. The van der Waals surface area contributed by atoms with Crippen LogP contribution in [0.1, 0.15) is 91.4 Å². The van der Waals surface area contributed by atoms with Gasteiger partial charge in [-0.2, -0.15) is 0 Å². The molecule has 0 heteroatoms. The van der Waals surface area contributed by atoms with Crippen LogP contribution in [0.15, 0.2) is 0 Å². The summed E-state index contributed by atoms with van der Waals surface area (Å²) in [5.74, 6) is 0.965. The molecule has 0 aromatic rings. The third-order valence-electron chi connectivity index (χ3n) is 4.33.